The summed E-state index contributed by atoms with van der Waals surface area (Å²) in [5.74, 6) is -1.13. The van der Waals surface area contributed by atoms with Crippen molar-refractivity contribution in [2.75, 3.05) is 6.61 Å². The minimum Gasteiger partial charge on any atom is -0.371 e. The first-order valence-electron chi connectivity index (χ1n) is 4.71. The van der Waals surface area contributed by atoms with Crippen LogP contribution in [0.25, 0.3) is 0 Å². The summed E-state index contributed by atoms with van der Waals surface area (Å²) in [7, 11) is 0. The zero-order valence-corrected chi connectivity index (χ0v) is 11.2. The SMILES string of the molecule is CC(C)OCC(=O)c1ccc(Br)c(Cl)c1F. The van der Waals surface area contributed by atoms with Crippen molar-refractivity contribution in [1.29, 1.82) is 0 Å². The van der Waals surface area contributed by atoms with Crippen molar-refractivity contribution in [3.8, 4) is 0 Å². The molecule has 0 atom stereocenters. The highest BCUT2D eigenvalue weighted by atomic mass is 79.9. The fourth-order valence-electron chi connectivity index (χ4n) is 1.06. The minimum absolute atomic E-state index is 0.0474. The number of hydrogen-bond donors (Lipinski definition) is 0. The molecule has 2 nitrogen and oxygen atoms in total. The maximum Gasteiger partial charge on any atom is 0.191 e. The molecule has 1 rings (SSSR count). The van der Waals surface area contributed by atoms with Gasteiger partial charge in [0.1, 0.15) is 6.61 Å². The van der Waals surface area contributed by atoms with Gasteiger partial charge in [0.05, 0.1) is 16.7 Å². The van der Waals surface area contributed by atoms with Gasteiger partial charge in [-0.15, -0.1) is 0 Å². The monoisotopic (exact) mass is 308 g/mol. The van der Waals surface area contributed by atoms with Crippen LogP contribution in [0.15, 0.2) is 16.6 Å². The van der Waals surface area contributed by atoms with Crippen molar-refractivity contribution in [1.82, 2.24) is 0 Å². The number of hydrogen-bond acceptors (Lipinski definition) is 2. The van der Waals surface area contributed by atoms with E-state index in [1.807, 2.05) is 0 Å². The van der Waals surface area contributed by atoms with E-state index in [1.165, 1.54) is 12.1 Å². The van der Waals surface area contributed by atoms with Crippen molar-refractivity contribution in [2.45, 2.75) is 20.0 Å². The largest absolute Gasteiger partial charge is 0.371 e. The quantitative estimate of drug-likeness (QED) is 0.624. The van der Waals surface area contributed by atoms with E-state index in [-0.39, 0.29) is 23.3 Å². The van der Waals surface area contributed by atoms with Gasteiger partial charge >= 0.3 is 0 Å². The lowest BCUT2D eigenvalue weighted by Gasteiger charge is -2.08. The Bertz CT molecular complexity index is 407. The van der Waals surface area contributed by atoms with Crippen molar-refractivity contribution in [3.63, 3.8) is 0 Å². The van der Waals surface area contributed by atoms with Crippen molar-refractivity contribution in [2.24, 2.45) is 0 Å². The van der Waals surface area contributed by atoms with Gasteiger partial charge in [0.2, 0.25) is 0 Å². The number of carbonyl (C=O) groups excluding carboxylic acids is 1. The molecular formula is C11H11BrClFO2. The number of benzene rings is 1. The number of carbonyl (C=O) groups is 1. The highest BCUT2D eigenvalue weighted by Gasteiger charge is 2.16. The van der Waals surface area contributed by atoms with E-state index >= 15 is 0 Å². The molecule has 0 bridgehead atoms. The molecule has 0 aliphatic rings. The average Bonchev–Trinajstić information content (AvgIpc) is 2.23. The van der Waals surface area contributed by atoms with Crippen LogP contribution in [0.1, 0.15) is 24.2 Å². The van der Waals surface area contributed by atoms with Crippen LogP contribution in [-0.2, 0) is 4.74 Å². The zero-order valence-electron chi connectivity index (χ0n) is 8.89. The second kappa shape index (κ2) is 5.75. The predicted molar refractivity (Wildman–Crippen MR) is 64.5 cm³/mol. The molecule has 0 radical (unpaired) electrons. The third-order valence-corrected chi connectivity index (χ3v) is 3.14. The normalized spacial score (nSPS) is 10.9. The van der Waals surface area contributed by atoms with Crippen LogP contribution in [0.4, 0.5) is 4.39 Å². The van der Waals surface area contributed by atoms with E-state index < -0.39 is 11.6 Å². The Labute approximate surface area is 107 Å². The van der Waals surface area contributed by atoms with Gasteiger partial charge in [0.25, 0.3) is 0 Å². The van der Waals surface area contributed by atoms with Gasteiger partial charge in [-0.1, -0.05) is 11.6 Å². The molecule has 0 aliphatic carbocycles. The summed E-state index contributed by atoms with van der Waals surface area (Å²) in [6.45, 7) is 3.46. The number of halogens is 3. The summed E-state index contributed by atoms with van der Waals surface area (Å²) in [5.41, 5.74) is -0.0474. The summed E-state index contributed by atoms with van der Waals surface area (Å²) in [6, 6.07) is 2.92. The summed E-state index contributed by atoms with van der Waals surface area (Å²) in [6.07, 6.45) is -0.0714. The fraction of sp³-hybridized carbons (Fsp3) is 0.364. The summed E-state index contributed by atoms with van der Waals surface area (Å²) in [5, 5.41) is -0.0876. The van der Waals surface area contributed by atoms with Crippen LogP contribution in [0.5, 0.6) is 0 Å². The third-order valence-electron chi connectivity index (χ3n) is 1.88. The van der Waals surface area contributed by atoms with E-state index in [0.717, 1.165) is 0 Å². The lowest BCUT2D eigenvalue weighted by Crippen LogP contribution is -2.14. The molecule has 88 valence electrons. The average molecular weight is 310 g/mol. The molecule has 0 aliphatic heterocycles. The van der Waals surface area contributed by atoms with Gasteiger partial charge < -0.3 is 4.74 Å². The highest BCUT2D eigenvalue weighted by Crippen LogP contribution is 2.27. The number of rotatable bonds is 4. The molecule has 0 N–H and O–H groups in total. The molecule has 1 aromatic rings. The molecule has 0 amide bonds. The van der Waals surface area contributed by atoms with Gasteiger partial charge in [-0.2, -0.15) is 0 Å². The minimum atomic E-state index is -0.714. The standard InChI is InChI=1S/C11H11BrClFO2/c1-6(2)16-5-9(15)7-3-4-8(12)10(13)11(7)14/h3-4,6H,5H2,1-2H3. The molecule has 0 saturated heterocycles. The van der Waals surface area contributed by atoms with Gasteiger partial charge in [-0.05, 0) is 41.9 Å². The van der Waals surface area contributed by atoms with E-state index in [9.17, 15) is 9.18 Å². The third kappa shape index (κ3) is 3.27. The van der Waals surface area contributed by atoms with E-state index in [0.29, 0.717) is 4.47 Å². The molecule has 0 spiro atoms. The Balaban J connectivity index is 2.88. The predicted octanol–water partition coefficient (Wildman–Crippen LogP) is 3.85. The maximum absolute atomic E-state index is 13.6. The lowest BCUT2D eigenvalue weighted by atomic mass is 10.1. The van der Waals surface area contributed by atoms with Gasteiger partial charge in [-0.3, -0.25) is 4.79 Å². The maximum atomic E-state index is 13.6. The first-order chi connectivity index (χ1) is 7.43. The molecule has 0 unspecified atom stereocenters. The molecular weight excluding hydrogens is 298 g/mol. The second-order valence-electron chi connectivity index (χ2n) is 3.51. The van der Waals surface area contributed by atoms with Crippen molar-refractivity contribution in [3.05, 3.63) is 33.0 Å². The molecule has 0 fully saturated rings. The summed E-state index contributed by atoms with van der Waals surface area (Å²) in [4.78, 5) is 11.6. The molecule has 1 aromatic carbocycles. The number of Topliss-reactive ketones (excluding diaryl/α,β-unsaturated/α-hetero) is 1. The van der Waals surface area contributed by atoms with Crippen molar-refractivity contribution < 1.29 is 13.9 Å². The Morgan fingerprint density at radius 1 is 1.56 bits per heavy atom. The Morgan fingerprint density at radius 3 is 2.75 bits per heavy atom. The number of ketones is 1. The Hall–Kier alpha value is -0.450. The van der Waals surface area contributed by atoms with Crippen LogP contribution in [0.3, 0.4) is 0 Å². The molecule has 5 heteroatoms. The second-order valence-corrected chi connectivity index (χ2v) is 4.74. The Kier molecular flexibility index (Phi) is 4.89. The van der Waals surface area contributed by atoms with Crippen LogP contribution in [0.2, 0.25) is 5.02 Å². The van der Waals surface area contributed by atoms with Crippen molar-refractivity contribution >= 4 is 33.3 Å². The topological polar surface area (TPSA) is 26.3 Å². The molecule has 0 saturated carbocycles. The van der Waals surface area contributed by atoms with Crippen LogP contribution in [0, 0.1) is 5.82 Å². The van der Waals surface area contributed by atoms with Gasteiger partial charge in [-0.25, -0.2) is 4.39 Å². The summed E-state index contributed by atoms with van der Waals surface area (Å²) < 4.78 is 19.1. The molecule has 16 heavy (non-hydrogen) atoms. The molecule has 0 aromatic heterocycles. The van der Waals surface area contributed by atoms with E-state index in [1.54, 1.807) is 13.8 Å². The highest BCUT2D eigenvalue weighted by molar-refractivity contribution is 9.10. The van der Waals surface area contributed by atoms with Gasteiger partial charge in [0, 0.05) is 4.47 Å². The van der Waals surface area contributed by atoms with Gasteiger partial charge in [0.15, 0.2) is 11.6 Å². The number of ether oxygens (including phenoxy) is 1. The smallest absolute Gasteiger partial charge is 0.191 e. The van der Waals surface area contributed by atoms with Crippen LogP contribution >= 0.6 is 27.5 Å². The zero-order chi connectivity index (χ0) is 12.3. The summed E-state index contributed by atoms with van der Waals surface area (Å²) >= 11 is 8.75. The van der Waals surface area contributed by atoms with E-state index in [4.69, 9.17) is 16.3 Å². The lowest BCUT2D eigenvalue weighted by molar-refractivity contribution is 0.0581. The van der Waals surface area contributed by atoms with Crippen LogP contribution < -0.4 is 0 Å². The van der Waals surface area contributed by atoms with Crippen LogP contribution in [-0.4, -0.2) is 18.5 Å². The Morgan fingerprint density at radius 2 is 2.19 bits per heavy atom. The molecule has 0 heterocycles. The first kappa shape index (κ1) is 13.6. The fourth-order valence-corrected chi connectivity index (χ4v) is 1.53. The van der Waals surface area contributed by atoms with E-state index in [2.05, 4.69) is 15.9 Å². The first-order valence-corrected chi connectivity index (χ1v) is 5.89.